The van der Waals surface area contributed by atoms with Crippen molar-refractivity contribution in [3.8, 4) is 0 Å². The van der Waals surface area contributed by atoms with Gasteiger partial charge in [0.25, 0.3) is 0 Å². The first kappa shape index (κ1) is 19.5. The lowest BCUT2D eigenvalue weighted by Crippen LogP contribution is -2.44. The first-order chi connectivity index (χ1) is 9.42. The summed E-state index contributed by atoms with van der Waals surface area (Å²) in [5.41, 5.74) is 0. The number of ether oxygens (including phenoxy) is 1. The smallest absolute Gasteiger partial charge is 0.0594 e. The van der Waals surface area contributed by atoms with Crippen LogP contribution < -0.4 is 5.32 Å². The Morgan fingerprint density at radius 2 is 1.67 bits per heavy atom. The predicted molar refractivity (Wildman–Crippen MR) is 91.9 cm³/mol. The molecule has 0 aliphatic carbocycles. The maximum Gasteiger partial charge on any atom is 0.0594 e. The molecule has 0 radical (unpaired) electrons. The van der Waals surface area contributed by atoms with Crippen LogP contribution in [0.3, 0.4) is 0 Å². The molecule has 1 atom stereocenters. The van der Waals surface area contributed by atoms with Crippen molar-refractivity contribution in [3.05, 3.63) is 0 Å². The molecule has 3 rings (SSSR count). The number of hydrogen-bond donors (Lipinski definition) is 1. The molecule has 3 aliphatic heterocycles. The van der Waals surface area contributed by atoms with Crippen LogP contribution in [0.4, 0.5) is 0 Å². The molecule has 0 aromatic heterocycles. The quantitative estimate of drug-likeness (QED) is 0.842. The van der Waals surface area contributed by atoms with E-state index in [4.69, 9.17) is 4.74 Å². The summed E-state index contributed by atoms with van der Waals surface area (Å²) >= 11 is 0. The van der Waals surface area contributed by atoms with Crippen LogP contribution in [0.1, 0.15) is 25.7 Å². The molecule has 21 heavy (non-hydrogen) atoms. The van der Waals surface area contributed by atoms with E-state index in [1.165, 1.54) is 58.4 Å². The Labute approximate surface area is 141 Å². The zero-order chi connectivity index (χ0) is 12.9. The van der Waals surface area contributed by atoms with Gasteiger partial charge < -0.3 is 15.0 Å². The Morgan fingerprint density at radius 3 is 2.38 bits per heavy atom. The van der Waals surface area contributed by atoms with Crippen LogP contribution >= 0.6 is 24.8 Å². The highest BCUT2D eigenvalue weighted by Gasteiger charge is 2.28. The molecule has 3 saturated heterocycles. The van der Waals surface area contributed by atoms with Gasteiger partial charge in [-0.3, -0.25) is 4.90 Å². The van der Waals surface area contributed by atoms with E-state index in [-0.39, 0.29) is 24.8 Å². The largest absolute Gasteiger partial charge is 0.379 e. The number of hydrogen-bond acceptors (Lipinski definition) is 4. The zero-order valence-electron chi connectivity index (χ0n) is 13.0. The molecule has 6 heteroatoms. The standard InChI is InChI=1S/C15H29N3O.2ClH/c1-5-16-6-2-14(1)3-7-17-8-4-15(13-17)18-9-11-19-12-10-18;;/h14-16H,1-13H2;2*1H. The molecule has 0 saturated carbocycles. The minimum Gasteiger partial charge on any atom is -0.379 e. The summed E-state index contributed by atoms with van der Waals surface area (Å²) < 4.78 is 5.45. The molecule has 0 spiro atoms. The highest BCUT2D eigenvalue weighted by Crippen LogP contribution is 2.20. The van der Waals surface area contributed by atoms with Crippen molar-refractivity contribution in [1.82, 2.24) is 15.1 Å². The first-order valence-electron chi connectivity index (χ1n) is 8.17. The van der Waals surface area contributed by atoms with Crippen LogP contribution in [0.5, 0.6) is 0 Å². The van der Waals surface area contributed by atoms with E-state index in [2.05, 4.69) is 15.1 Å². The van der Waals surface area contributed by atoms with Gasteiger partial charge >= 0.3 is 0 Å². The Bertz CT molecular complexity index is 272. The summed E-state index contributed by atoms with van der Waals surface area (Å²) in [7, 11) is 0. The minimum absolute atomic E-state index is 0. The van der Waals surface area contributed by atoms with Crippen molar-refractivity contribution in [3.63, 3.8) is 0 Å². The normalized spacial score (nSPS) is 28.9. The van der Waals surface area contributed by atoms with E-state index in [1.807, 2.05) is 0 Å². The summed E-state index contributed by atoms with van der Waals surface area (Å²) in [4.78, 5) is 5.34. The van der Waals surface area contributed by atoms with Gasteiger partial charge in [0.05, 0.1) is 13.2 Å². The van der Waals surface area contributed by atoms with Crippen LogP contribution in [0.15, 0.2) is 0 Å². The lowest BCUT2D eigenvalue weighted by molar-refractivity contribution is 0.0184. The van der Waals surface area contributed by atoms with Crippen molar-refractivity contribution in [2.45, 2.75) is 31.7 Å². The van der Waals surface area contributed by atoms with E-state index in [1.54, 1.807) is 0 Å². The van der Waals surface area contributed by atoms with Crippen molar-refractivity contribution in [2.24, 2.45) is 5.92 Å². The summed E-state index contributed by atoms with van der Waals surface area (Å²) in [6.07, 6.45) is 5.56. The average molecular weight is 340 g/mol. The molecule has 0 aromatic carbocycles. The highest BCUT2D eigenvalue weighted by atomic mass is 35.5. The van der Waals surface area contributed by atoms with Crippen molar-refractivity contribution < 1.29 is 4.74 Å². The second-order valence-electron chi connectivity index (χ2n) is 6.37. The molecule has 3 heterocycles. The van der Waals surface area contributed by atoms with Crippen molar-refractivity contribution in [2.75, 3.05) is 59.0 Å². The van der Waals surface area contributed by atoms with Crippen LogP contribution in [0.25, 0.3) is 0 Å². The number of nitrogens with zero attached hydrogens (tertiary/aromatic N) is 2. The van der Waals surface area contributed by atoms with Crippen molar-refractivity contribution >= 4 is 24.8 Å². The molecule has 126 valence electrons. The molecular formula is C15H31Cl2N3O. The summed E-state index contributed by atoms with van der Waals surface area (Å²) in [6.45, 7) is 10.6. The van der Waals surface area contributed by atoms with Gasteiger partial charge in [-0.15, -0.1) is 24.8 Å². The number of nitrogens with one attached hydrogen (secondary N) is 1. The Morgan fingerprint density at radius 1 is 0.952 bits per heavy atom. The van der Waals surface area contributed by atoms with Crippen molar-refractivity contribution in [1.29, 1.82) is 0 Å². The monoisotopic (exact) mass is 339 g/mol. The van der Waals surface area contributed by atoms with Gasteiger partial charge in [-0.25, -0.2) is 0 Å². The van der Waals surface area contributed by atoms with Crippen LogP contribution in [0.2, 0.25) is 0 Å². The molecule has 3 fully saturated rings. The van der Waals surface area contributed by atoms with Gasteiger partial charge in [0.15, 0.2) is 0 Å². The second kappa shape index (κ2) is 10.2. The van der Waals surface area contributed by atoms with Gasteiger partial charge in [0.2, 0.25) is 0 Å². The van der Waals surface area contributed by atoms with Gasteiger partial charge in [-0.1, -0.05) is 0 Å². The summed E-state index contributed by atoms with van der Waals surface area (Å²) in [6, 6.07) is 0.803. The fourth-order valence-electron chi connectivity index (χ4n) is 3.79. The van der Waals surface area contributed by atoms with Gasteiger partial charge in [0.1, 0.15) is 0 Å². The molecule has 0 amide bonds. The van der Waals surface area contributed by atoms with E-state index in [0.717, 1.165) is 38.3 Å². The number of morpholine rings is 1. The maximum atomic E-state index is 5.45. The van der Waals surface area contributed by atoms with Crippen LogP contribution in [-0.4, -0.2) is 74.9 Å². The third-order valence-electron chi connectivity index (χ3n) is 5.12. The number of rotatable bonds is 4. The third-order valence-corrected chi connectivity index (χ3v) is 5.12. The Kier molecular flexibility index (Phi) is 9.49. The fraction of sp³-hybridized carbons (Fsp3) is 1.00. The topological polar surface area (TPSA) is 27.7 Å². The average Bonchev–Trinajstić information content (AvgIpc) is 2.96. The van der Waals surface area contributed by atoms with E-state index in [9.17, 15) is 0 Å². The molecule has 1 unspecified atom stereocenters. The molecule has 1 N–H and O–H groups in total. The third kappa shape index (κ3) is 5.85. The Hall–Kier alpha value is 0.420. The molecule has 4 nitrogen and oxygen atoms in total. The molecule has 3 aliphatic rings. The minimum atomic E-state index is 0. The Balaban J connectivity index is 0.00000110. The lowest BCUT2D eigenvalue weighted by atomic mass is 9.94. The summed E-state index contributed by atoms with van der Waals surface area (Å²) in [5.74, 6) is 0.976. The van der Waals surface area contributed by atoms with Gasteiger partial charge in [0, 0.05) is 25.7 Å². The van der Waals surface area contributed by atoms with E-state index < -0.39 is 0 Å². The predicted octanol–water partition coefficient (Wildman–Crippen LogP) is 1.63. The van der Waals surface area contributed by atoms with Crippen LogP contribution in [-0.2, 0) is 4.74 Å². The molecule has 0 aromatic rings. The zero-order valence-corrected chi connectivity index (χ0v) is 14.6. The van der Waals surface area contributed by atoms with Crippen LogP contribution in [0, 0.1) is 5.92 Å². The second-order valence-corrected chi connectivity index (χ2v) is 6.37. The molecular weight excluding hydrogens is 309 g/mol. The van der Waals surface area contributed by atoms with E-state index >= 15 is 0 Å². The lowest BCUT2D eigenvalue weighted by Gasteiger charge is -2.32. The highest BCUT2D eigenvalue weighted by molar-refractivity contribution is 5.85. The number of likely N-dealkylation sites (tertiary alicyclic amines) is 1. The maximum absolute atomic E-state index is 5.45. The molecule has 0 bridgehead atoms. The van der Waals surface area contributed by atoms with Gasteiger partial charge in [-0.2, -0.15) is 0 Å². The summed E-state index contributed by atoms with van der Waals surface area (Å²) in [5, 5.41) is 3.46. The SMILES string of the molecule is C1CC(CCN2CCC(N3CCOCC3)C2)CCN1.Cl.Cl. The van der Waals surface area contributed by atoms with Gasteiger partial charge in [-0.05, 0) is 57.8 Å². The fourth-order valence-corrected chi connectivity index (χ4v) is 3.79. The number of piperidine rings is 1. The van der Waals surface area contributed by atoms with E-state index in [0.29, 0.717) is 0 Å². The number of halogens is 2. The first-order valence-corrected chi connectivity index (χ1v) is 8.17.